The molecule has 1 atom stereocenters. The van der Waals surface area contributed by atoms with Crippen molar-refractivity contribution in [2.45, 2.75) is 25.4 Å². The maximum atomic E-state index is 12.1. The number of aromatic nitrogens is 1. The number of hydrogen-bond acceptors (Lipinski definition) is 5. The lowest BCUT2D eigenvalue weighted by molar-refractivity contribution is -0.134. The van der Waals surface area contributed by atoms with Gasteiger partial charge in [0.25, 0.3) is 0 Å². The van der Waals surface area contributed by atoms with Gasteiger partial charge >= 0.3 is 0 Å². The van der Waals surface area contributed by atoms with E-state index < -0.39 is 0 Å². The van der Waals surface area contributed by atoms with Crippen LogP contribution in [0.1, 0.15) is 17.7 Å². The molecule has 6 heteroatoms. The number of nitrogens with zero attached hydrogens (tertiary/aromatic N) is 2. The van der Waals surface area contributed by atoms with Crippen molar-refractivity contribution in [1.29, 1.82) is 0 Å². The van der Waals surface area contributed by atoms with E-state index in [1.54, 1.807) is 11.7 Å². The van der Waals surface area contributed by atoms with Gasteiger partial charge in [0.05, 0.1) is 31.2 Å². The molecular weight excluding hydrogens is 252 g/mol. The minimum absolute atomic E-state index is 0.0330. The summed E-state index contributed by atoms with van der Waals surface area (Å²) in [6.45, 7) is 1.82. The summed E-state index contributed by atoms with van der Waals surface area (Å²) in [5.41, 5.74) is 1.74. The van der Waals surface area contributed by atoms with Crippen molar-refractivity contribution in [3.8, 4) is 0 Å². The Hall–Kier alpha value is -0.980. The molecule has 1 amide bonds. The topological polar surface area (TPSA) is 62.7 Å². The summed E-state index contributed by atoms with van der Waals surface area (Å²) in [5, 5.41) is 8.73. The van der Waals surface area contributed by atoms with Gasteiger partial charge in [0, 0.05) is 24.2 Å². The molecule has 1 fully saturated rings. The van der Waals surface area contributed by atoms with Gasteiger partial charge in [0.1, 0.15) is 0 Å². The zero-order chi connectivity index (χ0) is 12.8. The largest absolute Gasteiger partial charge is 0.394 e. The number of piperidine rings is 1. The summed E-state index contributed by atoms with van der Waals surface area (Å²) >= 11 is 1.51. The van der Waals surface area contributed by atoms with Crippen molar-refractivity contribution >= 4 is 17.2 Å². The Kier molecular flexibility index (Phi) is 5.10. The monoisotopic (exact) mass is 270 g/mol. The molecule has 18 heavy (non-hydrogen) atoms. The van der Waals surface area contributed by atoms with Gasteiger partial charge in [-0.05, 0) is 12.8 Å². The van der Waals surface area contributed by atoms with Gasteiger partial charge < -0.3 is 14.7 Å². The number of rotatable bonds is 5. The average Bonchev–Trinajstić information content (AvgIpc) is 2.89. The van der Waals surface area contributed by atoms with Crippen LogP contribution in [-0.4, -0.2) is 53.3 Å². The van der Waals surface area contributed by atoms with Gasteiger partial charge in [-0.2, -0.15) is 0 Å². The van der Waals surface area contributed by atoms with Crippen LogP contribution < -0.4 is 0 Å². The van der Waals surface area contributed by atoms with Crippen LogP contribution in [0.25, 0.3) is 0 Å². The Morgan fingerprint density at radius 3 is 3.28 bits per heavy atom. The molecule has 0 bridgehead atoms. The van der Waals surface area contributed by atoms with Crippen LogP contribution in [0, 0.1) is 0 Å². The lowest BCUT2D eigenvalue weighted by Crippen LogP contribution is -2.44. The maximum absolute atomic E-state index is 12.1. The van der Waals surface area contributed by atoms with Crippen molar-refractivity contribution in [3.63, 3.8) is 0 Å². The molecule has 1 unspecified atom stereocenters. The van der Waals surface area contributed by atoms with Crippen molar-refractivity contribution in [2.75, 3.05) is 26.3 Å². The fraction of sp³-hybridized carbons (Fsp3) is 0.667. The lowest BCUT2D eigenvalue weighted by Gasteiger charge is -2.32. The number of aliphatic hydroxyl groups excluding tert-OH is 1. The molecule has 1 aromatic heterocycles. The van der Waals surface area contributed by atoms with Crippen LogP contribution in [0.3, 0.4) is 0 Å². The van der Waals surface area contributed by atoms with Gasteiger partial charge in [0.15, 0.2) is 0 Å². The first-order valence-corrected chi connectivity index (χ1v) is 7.05. The Bertz CT molecular complexity index is 369. The van der Waals surface area contributed by atoms with Crippen molar-refractivity contribution in [1.82, 2.24) is 9.88 Å². The lowest BCUT2D eigenvalue weighted by atomic mass is 10.1. The van der Waals surface area contributed by atoms with E-state index in [1.807, 2.05) is 4.90 Å². The van der Waals surface area contributed by atoms with E-state index in [4.69, 9.17) is 9.84 Å². The van der Waals surface area contributed by atoms with Crippen LogP contribution in [-0.2, 0) is 16.0 Å². The van der Waals surface area contributed by atoms with E-state index in [-0.39, 0.29) is 18.6 Å². The van der Waals surface area contributed by atoms with Crippen LogP contribution >= 0.6 is 11.3 Å². The zero-order valence-corrected chi connectivity index (χ0v) is 11.1. The Morgan fingerprint density at radius 1 is 1.67 bits per heavy atom. The Labute approximate surface area is 110 Å². The smallest absolute Gasteiger partial charge is 0.227 e. The molecule has 100 valence electrons. The molecule has 0 aliphatic carbocycles. The number of hydrogen-bond donors (Lipinski definition) is 1. The van der Waals surface area contributed by atoms with Gasteiger partial charge in [0.2, 0.25) is 5.91 Å². The predicted molar refractivity (Wildman–Crippen MR) is 68.5 cm³/mol. The third-order valence-corrected chi connectivity index (χ3v) is 3.76. The highest BCUT2D eigenvalue weighted by Gasteiger charge is 2.24. The summed E-state index contributed by atoms with van der Waals surface area (Å²) in [6, 6.07) is 0. The predicted octanol–water partition coefficient (Wildman–Crippen LogP) is 0.685. The molecule has 1 saturated heterocycles. The summed E-state index contributed by atoms with van der Waals surface area (Å²) < 4.78 is 5.49. The fourth-order valence-electron chi connectivity index (χ4n) is 2.11. The number of amides is 1. The van der Waals surface area contributed by atoms with E-state index in [1.165, 1.54) is 11.3 Å². The number of ether oxygens (including phenoxy) is 1. The Balaban J connectivity index is 1.82. The standard InChI is InChI=1S/C12H18N2O3S/c15-4-5-17-10-2-1-3-14(8-10)12(16)6-11-7-13-9-18-11/h7,9-10,15H,1-6,8H2. The highest BCUT2D eigenvalue weighted by atomic mass is 32.1. The van der Waals surface area contributed by atoms with Gasteiger partial charge in [-0.3, -0.25) is 9.78 Å². The molecule has 2 heterocycles. The first-order chi connectivity index (χ1) is 8.79. The highest BCUT2D eigenvalue weighted by Crippen LogP contribution is 2.15. The summed E-state index contributed by atoms with van der Waals surface area (Å²) in [4.78, 5) is 18.9. The highest BCUT2D eigenvalue weighted by molar-refractivity contribution is 7.09. The molecule has 2 rings (SSSR count). The number of carbonyl (C=O) groups excluding carboxylic acids is 1. The summed E-state index contributed by atoms with van der Waals surface area (Å²) in [6.07, 6.45) is 4.16. The molecule has 0 spiro atoms. The Morgan fingerprint density at radius 2 is 2.56 bits per heavy atom. The number of likely N-dealkylation sites (tertiary alicyclic amines) is 1. The molecule has 5 nitrogen and oxygen atoms in total. The SMILES string of the molecule is O=C(Cc1cncs1)N1CCCC(OCCO)C1. The van der Waals surface area contributed by atoms with Gasteiger partial charge in [-0.1, -0.05) is 0 Å². The molecule has 1 aromatic rings. The second-order valence-electron chi connectivity index (χ2n) is 4.34. The van der Waals surface area contributed by atoms with Gasteiger partial charge in [-0.15, -0.1) is 11.3 Å². The van der Waals surface area contributed by atoms with E-state index >= 15 is 0 Å². The second-order valence-corrected chi connectivity index (χ2v) is 5.31. The molecular formula is C12H18N2O3S. The number of thiazole rings is 1. The van der Waals surface area contributed by atoms with Crippen LogP contribution in [0.2, 0.25) is 0 Å². The summed E-state index contributed by atoms with van der Waals surface area (Å²) in [7, 11) is 0. The van der Waals surface area contributed by atoms with E-state index in [0.717, 1.165) is 24.3 Å². The zero-order valence-electron chi connectivity index (χ0n) is 10.2. The van der Waals surface area contributed by atoms with Crippen molar-refractivity contribution in [2.24, 2.45) is 0 Å². The van der Waals surface area contributed by atoms with Crippen LogP contribution in [0.4, 0.5) is 0 Å². The summed E-state index contributed by atoms with van der Waals surface area (Å²) in [5.74, 6) is 0.136. The quantitative estimate of drug-likeness (QED) is 0.855. The second kappa shape index (κ2) is 6.82. The molecule has 0 aromatic carbocycles. The van der Waals surface area contributed by atoms with E-state index in [0.29, 0.717) is 19.6 Å². The maximum Gasteiger partial charge on any atom is 0.227 e. The normalized spacial score (nSPS) is 20.1. The molecule has 1 aliphatic heterocycles. The number of aliphatic hydroxyl groups is 1. The van der Waals surface area contributed by atoms with Gasteiger partial charge in [-0.25, -0.2) is 0 Å². The molecule has 1 aliphatic rings. The first kappa shape index (κ1) is 13.5. The van der Waals surface area contributed by atoms with Crippen molar-refractivity contribution < 1.29 is 14.6 Å². The van der Waals surface area contributed by atoms with E-state index in [9.17, 15) is 4.79 Å². The number of carbonyl (C=O) groups is 1. The van der Waals surface area contributed by atoms with Crippen molar-refractivity contribution in [3.05, 3.63) is 16.6 Å². The first-order valence-electron chi connectivity index (χ1n) is 6.17. The minimum atomic E-state index is 0.0330. The average molecular weight is 270 g/mol. The van der Waals surface area contributed by atoms with E-state index in [2.05, 4.69) is 4.98 Å². The third-order valence-electron chi connectivity index (χ3n) is 2.98. The molecule has 1 N–H and O–H groups in total. The third kappa shape index (κ3) is 3.76. The van der Waals surface area contributed by atoms with Crippen LogP contribution in [0.5, 0.6) is 0 Å². The molecule has 0 radical (unpaired) electrons. The van der Waals surface area contributed by atoms with Crippen LogP contribution in [0.15, 0.2) is 11.7 Å². The molecule has 0 saturated carbocycles. The minimum Gasteiger partial charge on any atom is -0.394 e. The fourth-order valence-corrected chi connectivity index (χ4v) is 2.70.